The van der Waals surface area contributed by atoms with Gasteiger partial charge in [0.25, 0.3) is 0 Å². The van der Waals surface area contributed by atoms with E-state index in [1.54, 1.807) is 19.1 Å². The fourth-order valence-corrected chi connectivity index (χ4v) is 4.57. The van der Waals surface area contributed by atoms with Crippen LogP contribution in [0.3, 0.4) is 0 Å². The summed E-state index contributed by atoms with van der Waals surface area (Å²) >= 11 is 5.86. The summed E-state index contributed by atoms with van der Waals surface area (Å²) < 4.78 is 53.9. The van der Waals surface area contributed by atoms with E-state index in [0.29, 0.717) is 16.1 Å². The number of hydrogen-bond acceptors (Lipinski definition) is 3. The molecule has 3 aromatic rings. The van der Waals surface area contributed by atoms with Gasteiger partial charge in [0, 0.05) is 11.6 Å². The monoisotopic (exact) mass is 478 g/mol. The lowest BCUT2D eigenvalue weighted by Gasteiger charge is -2.23. The molecule has 0 aromatic heterocycles. The van der Waals surface area contributed by atoms with Crippen molar-refractivity contribution >= 4 is 27.5 Å². The molecule has 0 saturated carbocycles. The number of hydrogen-bond donors (Lipinski definition) is 1. The molecule has 5 nitrogen and oxygen atoms in total. The van der Waals surface area contributed by atoms with Crippen LogP contribution in [0.15, 0.2) is 77.7 Å². The average Bonchev–Trinajstić information content (AvgIpc) is 2.75. The molecule has 0 saturated heterocycles. The number of halogens is 3. The molecule has 0 spiro atoms. The number of amides is 1. The highest BCUT2D eigenvalue weighted by Crippen LogP contribution is 2.21. The van der Waals surface area contributed by atoms with E-state index in [1.165, 1.54) is 60.7 Å². The van der Waals surface area contributed by atoms with Gasteiger partial charge in [-0.25, -0.2) is 17.2 Å². The summed E-state index contributed by atoms with van der Waals surface area (Å²) in [7, 11) is -4.06. The number of sulfonamides is 1. The molecule has 0 bridgehead atoms. The average molecular weight is 479 g/mol. The number of benzene rings is 3. The normalized spacial score (nSPS) is 12.5. The molecule has 0 radical (unpaired) electrons. The minimum atomic E-state index is -4.06. The Hall–Kier alpha value is -2.81. The Morgan fingerprint density at radius 1 is 0.938 bits per heavy atom. The summed E-state index contributed by atoms with van der Waals surface area (Å²) in [5.41, 5.74) is 1.19. The molecule has 0 fully saturated rings. The zero-order valence-corrected chi connectivity index (χ0v) is 18.7. The zero-order chi connectivity index (χ0) is 23.3. The topological polar surface area (TPSA) is 66.5 Å². The SMILES string of the molecule is C[C@@H](NC(=O)CN(Cc1ccc(F)cc1)S(=O)(=O)c1ccc(Cl)cc1)c1ccc(F)cc1. The van der Waals surface area contributed by atoms with Gasteiger partial charge in [0.15, 0.2) is 0 Å². The van der Waals surface area contributed by atoms with Crippen molar-refractivity contribution in [2.24, 2.45) is 0 Å². The number of nitrogens with zero attached hydrogens (tertiary/aromatic N) is 1. The third-order valence-electron chi connectivity index (χ3n) is 4.79. The summed E-state index contributed by atoms with van der Waals surface area (Å²) in [4.78, 5) is 12.7. The van der Waals surface area contributed by atoms with Gasteiger partial charge in [0.2, 0.25) is 15.9 Å². The summed E-state index contributed by atoms with van der Waals surface area (Å²) in [6, 6.07) is 16.1. The van der Waals surface area contributed by atoms with Crippen molar-refractivity contribution in [1.29, 1.82) is 0 Å². The second-order valence-corrected chi connectivity index (χ2v) is 9.57. The van der Waals surface area contributed by atoms with Crippen LogP contribution in [0.1, 0.15) is 24.1 Å². The van der Waals surface area contributed by atoms with Crippen LogP contribution >= 0.6 is 11.6 Å². The van der Waals surface area contributed by atoms with Crippen LogP contribution in [-0.2, 0) is 21.4 Å². The molecule has 1 N–H and O–H groups in total. The van der Waals surface area contributed by atoms with E-state index in [-0.39, 0.29) is 11.4 Å². The van der Waals surface area contributed by atoms with Gasteiger partial charge in [-0.3, -0.25) is 4.79 Å². The molecule has 3 rings (SSSR count). The van der Waals surface area contributed by atoms with Gasteiger partial charge in [-0.2, -0.15) is 4.31 Å². The Balaban J connectivity index is 1.82. The number of nitrogens with one attached hydrogen (secondary N) is 1. The molecule has 0 heterocycles. The van der Waals surface area contributed by atoms with Crippen molar-refractivity contribution in [3.8, 4) is 0 Å². The standard InChI is InChI=1S/C23H21ClF2N2O3S/c1-16(18-4-10-21(26)11-5-18)27-23(29)15-28(14-17-2-8-20(25)9-3-17)32(30,31)22-12-6-19(24)7-13-22/h2-13,16H,14-15H2,1H3,(H,27,29)/t16-/m1/s1. The first kappa shape index (κ1) is 23.8. The first-order valence-electron chi connectivity index (χ1n) is 9.70. The van der Waals surface area contributed by atoms with Crippen molar-refractivity contribution < 1.29 is 22.0 Å². The van der Waals surface area contributed by atoms with E-state index < -0.39 is 40.2 Å². The Bertz CT molecular complexity index is 1170. The van der Waals surface area contributed by atoms with Gasteiger partial charge in [0.1, 0.15) is 11.6 Å². The molecule has 9 heteroatoms. The van der Waals surface area contributed by atoms with Crippen molar-refractivity contribution in [2.75, 3.05) is 6.54 Å². The third kappa shape index (κ3) is 6.12. The predicted octanol–water partition coefficient (Wildman–Crippen LogP) is 4.69. The third-order valence-corrected chi connectivity index (χ3v) is 6.85. The summed E-state index contributed by atoms with van der Waals surface area (Å²) in [5.74, 6) is -1.39. The van der Waals surface area contributed by atoms with E-state index in [1.807, 2.05) is 0 Å². The number of carbonyl (C=O) groups excluding carboxylic acids is 1. The van der Waals surface area contributed by atoms with Crippen LogP contribution in [0, 0.1) is 11.6 Å². The van der Waals surface area contributed by atoms with E-state index in [9.17, 15) is 22.0 Å². The highest BCUT2D eigenvalue weighted by atomic mass is 35.5. The van der Waals surface area contributed by atoms with Crippen molar-refractivity contribution in [1.82, 2.24) is 9.62 Å². The first-order chi connectivity index (χ1) is 15.1. The molecule has 168 valence electrons. The van der Waals surface area contributed by atoms with Crippen LogP contribution in [0.5, 0.6) is 0 Å². The minimum absolute atomic E-state index is 0.0246. The highest BCUT2D eigenvalue weighted by molar-refractivity contribution is 7.89. The van der Waals surface area contributed by atoms with E-state index in [4.69, 9.17) is 11.6 Å². The summed E-state index contributed by atoms with van der Waals surface area (Å²) in [6.45, 7) is 1.11. The van der Waals surface area contributed by atoms with E-state index in [2.05, 4.69) is 5.32 Å². The lowest BCUT2D eigenvalue weighted by molar-refractivity contribution is -0.122. The predicted molar refractivity (Wildman–Crippen MR) is 118 cm³/mol. The van der Waals surface area contributed by atoms with Gasteiger partial charge in [0.05, 0.1) is 17.5 Å². The van der Waals surface area contributed by atoms with Crippen LogP contribution in [-0.4, -0.2) is 25.2 Å². The van der Waals surface area contributed by atoms with Crippen LogP contribution in [0.4, 0.5) is 8.78 Å². The lowest BCUT2D eigenvalue weighted by Crippen LogP contribution is -2.41. The van der Waals surface area contributed by atoms with Crippen molar-refractivity contribution in [2.45, 2.75) is 24.4 Å². The van der Waals surface area contributed by atoms with Gasteiger partial charge in [-0.05, 0) is 66.6 Å². The van der Waals surface area contributed by atoms with Crippen LogP contribution < -0.4 is 5.32 Å². The molecular weight excluding hydrogens is 458 g/mol. The fourth-order valence-electron chi connectivity index (χ4n) is 3.06. The Kier molecular flexibility index (Phi) is 7.60. The second-order valence-electron chi connectivity index (χ2n) is 7.19. The number of carbonyl (C=O) groups is 1. The minimum Gasteiger partial charge on any atom is -0.348 e. The van der Waals surface area contributed by atoms with Gasteiger partial charge < -0.3 is 5.32 Å². The molecule has 0 aliphatic heterocycles. The van der Waals surface area contributed by atoms with Gasteiger partial charge >= 0.3 is 0 Å². The molecular formula is C23H21ClF2N2O3S. The molecule has 32 heavy (non-hydrogen) atoms. The Morgan fingerprint density at radius 3 is 2.03 bits per heavy atom. The largest absolute Gasteiger partial charge is 0.348 e. The number of rotatable bonds is 8. The lowest BCUT2D eigenvalue weighted by atomic mass is 10.1. The summed E-state index contributed by atoms with van der Waals surface area (Å²) in [5, 5.41) is 3.10. The van der Waals surface area contributed by atoms with Crippen molar-refractivity contribution in [3.63, 3.8) is 0 Å². The first-order valence-corrected chi connectivity index (χ1v) is 11.5. The van der Waals surface area contributed by atoms with Crippen molar-refractivity contribution in [3.05, 3.63) is 101 Å². The molecule has 1 amide bonds. The molecule has 1 atom stereocenters. The highest BCUT2D eigenvalue weighted by Gasteiger charge is 2.27. The zero-order valence-electron chi connectivity index (χ0n) is 17.1. The van der Waals surface area contributed by atoms with Crippen LogP contribution in [0.2, 0.25) is 5.02 Å². The quantitative estimate of drug-likeness (QED) is 0.511. The molecule has 0 unspecified atom stereocenters. The van der Waals surface area contributed by atoms with Gasteiger partial charge in [-0.1, -0.05) is 35.9 Å². The summed E-state index contributed by atoms with van der Waals surface area (Å²) in [6.07, 6.45) is 0. The molecule has 3 aromatic carbocycles. The fraction of sp³-hybridized carbons (Fsp3) is 0.174. The molecule has 0 aliphatic rings. The maximum atomic E-state index is 13.3. The maximum Gasteiger partial charge on any atom is 0.243 e. The maximum absolute atomic E-state index is 13.3. The van der Waals surface area contributed by atoms with Gasteiger partial charge in [-0.15, -0.1) is 0 Å². The smallest absolute Gasteiger partial charge is 0.243 e. The van der Waals surface area contributed by atoms with E-state index in [0.717, 1.165) is 4.31 Å². The van der Waals surface area contributed by atoms with E-state index >= 15 is 0 Å². The van der Waals surface area contributed by atoms with Crippen LogP contribution in [0.25, 0.3) is 0 Å². The Labute approximate surface area is 190 Å². The second kappa shape index (κ2) is 10.2. The Morgan fingerprint density at radius 2 is 1.47 bits per heavy atom. The molecule has 0 aliphatic carbocycles.